The molecule has 1 aliphatic rings. The minimum atomic E-state index is -3.19. The molecule has 0 fully saturated rings. The molecule has 1 atom stereocenters. The van der Waals surface area contributed by atoms with Crippen LogP contribution in [0.25, 0.3) is 0 Å². The van der Waals surface area contributed by atoms with E-state index in [2.05, 4.69) is 5.32 Å². The van der Waals surface area contributed by atoms with Crippen molar-refractivity contribution in [2.75, 3.05) is 12.8 Å². The lowest BCUT2D eigenvalue weighted by Gasteiger charge is -2.27. The summed E-state index contributed by atoms with van der Waals surface area (Å²) in [5, 5.41) is 3.40. The van der Waals surface area contributed by atoms with Crippen molar-refractivity contribution < 1.29 is 12.8 Å². The van der Waals surface area contributed by atoms with Gasteiger partial charge in [0.2, 0.25) is 0 Å². The topological polar surface area (TPSA) is 46.2 Å². The number of benzene rings is 2. The minimum Gasteiger partial charge on any atom is -0.306 e. The smallest absolute Gasteiger partial charge is 0.175 e. The summed E-state index contributed by atoms with van der Waals surface area (Å²) in [7, 11) is -3.19. The van der Waals surface area contributed by atoms with Crippen molar-refractivity contribution in [3.63, 3.8) is 0 Å². The van der Waals surface area contributed by atoms with E-state index in [1.54, 1.807) is 24.3 Å². The van der Waals surface area contributed by atoms with E-state index < -0.39 is 9.84 Å². The summed E-state index contributed by atoms with van der Waals surface area (Å²) in [5.41, 5.74) is 3.07. The first-order valence-corrected chi connectivity index (χ1v) is 8.66. The summed E-state index contributed by atoms with van der Waals surface area (Å²) in [6, 6.07) is 11.6. The lowest BCUT2D eigenvalue weighted by atomic mass is 9.90. The van der Waals surface area contributed by atoms with Gasteiger partial charge in [0, 0.05) is 12.8 Å². The van der Waals surface area contributed by atoms with Crippen LogP contribution in [0, 0.1) is 5.82 Å². The number of fused-ring (bicyclic) bond motifs is 1. The molecule has 0 spiro atoms. The van der Waals surface area contributed by atoms with Crippen LogP contribution in [0.5, 0.6) is 0 Å². The fourth-order valence-electron chi connectivity index (χ4n) is 2.72. The highest BCUT2D eigenvalue weighted by molar-refractivity contribution is 7.90. The Morgan fingerprint density at radius 2 is 1.86 bits per heavy atom. The molecular formula is C16H16FNO2S. The van der Waals surface area contributed by atoms with Crippen molar-refractivity contribution in [1.82, 2.24) is 5.32 Å². The molecule has 0 saturated carbocycles. The minimum absolute atomic E-state index is 0.0250. The van der Waals surface area contributed by atoms with Crippen LogP contribution in [0.3, 0.4) is 0 Å². The van der Waals surface area contributed by atoms with E-state index in [1.807, 2.05) is 6.07 Å². The number of hydrogen-bond acceptors (Lipinski definition) is 3. The summed E-state index contributed by atoms with van der Waals surface area (Å²) < 4.78 is 36.3. The molecule has 0 amide bonds. The van der Waals surface area contributed by atoms with Gasteiger partial charge in [0.05, 0.1) is 10.9 Å². The third kappa shape index (κ3) is 2.84. The molecule has 2 aromatic rings. The molecule has 2 aromatic carbocycles. The van der Waals surface area contributed by atoms with Gasteiger partial charge < -0.3 is 5.32 Å². The van der Waals surface area contributed by atoms with Gasteiger partial charge in [-0.05, 0) is 47.4 Å². The van der Waals surface area contributed by atoms with Crippen LogP contribution < -0.4 is 5.32 Å². The predicted octanol–water partition coefficient (Wildman–Crippen LogP) is 2.46. The number of rotatable bonds is 2. The van der Waals surface area contributed by atoms with Crippen molar-refractivity contribution in [1.29, 1.82) is 0 Å². The summed E-state index contributed by atoms with van der Waals surface area (Å²) in [4.78, 5) is 0.348. The molecule has 1 heterocycles. The molecule has 0 radical (unpaired) electrons. The maximum atomic E-state index is 13.0. The highest BCUT2D eigenvalue weighted by Crippen LogP contribution is 2.30. The second kappa shape index (κ2) is 5.24. The summed E-state index contributed by atoms with van der Waals surface area (Å²) in [6.07, 6.45) is 2.00. The van der Waals surface area contributed by atoms with E-state index in [0.29, 0.717) is 4.90 Å². The Morgan fingerprint density at radius 3 is 2.52 bits per heavy atom. The second-order valence-electron chi connectivity index (χ2n) is 5.32. The lowest BCUT2D eigenvalue weighted by molar-refractivity contribution is 0.563. The number of hydrogen-bond donors (Lipinski definition) is 1. The average Bonchev–Trinajstić information content (AvgIpc) is 2.46. The first-order chi connectivity index (χ1) is 9.95. The van der Waals surface area contributed by atoms with E-state index in [9.17, 15) is 12.8 Å². The number of sulfone groups is 1. The molecule has 3 rings (SSSR count). The molecule has 5 heteroatoms. The summed E-state index contributed by atoms with van der Waals surface area (Å²) in [5.74, 6) is -0.262. The van der Waals surface area contributed by atoms with Crippen molar-refractivity contribution in [3.05, 3.63) is 65.0 Å². The van der Waals surface area contributed by atoms with E-state index in [4.69, 9.17) is 0 Å². The highest BCUT2D eigenvalue weighted by atomic mass is 32.2. The van der Waals surface area contributed by atoms with Gasteiger partial charge in [-0.3, -0.25) is 0 Å². The maximum Gasteiger partial charge on any atom is 0.175 e. The molecule has 21 heavy (non-hydrogen) atoms. The Bertz CT molecular complexity index is 769. The van der Waals surface area contributed by atoms with E-state index in [-0.39, 0.29) is 11.9 Å². The second-order valence-corrected chi connectivity index (χ2v) is 7.34. The zero-order chi connectivity index (χ0) is 15.0. The number of nitrogens with one attached hydrogen (secondary N) is 1. The summed E-state index contributed by atoms with van der Waals surface area (Å²) in [6.45, 7) is 0.766. The zero-order valence-corrected chi connectivity index (χ0v) is 12.5. The van der Waals surface area contributed by atoms with Crippen molar-refractivity contribution in [2.45, 2.75) is 17.4 Å². The van der Waals surface area contributed by atoms with Crippen LogP contribution in [-0.2, 0) is 16.3 Å². The average molecular weight is 305 g/mol. The third-order valence-electron chi connectivity index (χ3n) is 3.80. The van der Waals surface area contributed by atoms with Gasteiger partial charge in [0.25, 0.3) is 0 Å². The van der Waals surface area contributed by atoms with Crippen LogP contribution in [-0.4, -0.2) is 21.2 Å². The first kappa shape index (κ1) is 14.2. The van der Waals surface area contributed by atoms with Gasteiger partial charge in [-0.15, -0.1) is 0 Å². The Hall–Kier alpha value is -1.72. The van der Waals surface area contributed by atoms with Crippen LogP contribution in [0.1, 0.15) is 22.7 Å². The molecule has 0 aromatic heterocycles. The summed E-state index contributed by atoms with van der Waals surface area (Å²) >= 11 is 0. The lowest BCUT2D eigenvalue weighted by Crippen LogP contribution is -2.30. The fourth-order valence-corrected chi connectivity index (χ4v) is 3.40. The molecule has 0 saturated heterocycles. The molecule has 3 nitrogen and oxygen atoms in total. The van der Waals surface area contributed by atoms with Gasteiger partial charge in [0.15, 0.2) is 9.84 Å². The van der Waals surface area contributed by atoms with Crippen LogP contribution >= 0.6 is 0 Å². The van der Waals surface area contributed by atoms with Crippen molar-refractivity contribution in [3.8, 4) is 0 Å². The normalized spacial score (nSPS) is 18.3. The molecule has 1 N–H and O–H groups in total. The van der Waals surface area contributed by atoms with Gasteiger partial charge in [-0.25, -0.2) is 12.8 Å². The Kier molecular flexibility index (Phi) is 3.55. The van der Waals surface area contributed by atoms with Crippen molar-refractivity contribution in [2.24, 2.45) is 0 Å². The Morgan fingerprint density at radius 1 is 1.14 bits per heavy atom. The highest BCUT2D eigenvalue weighted by Gasteiger charge is 2.22. The van der Waals surface area contributed by atoms with E-state index in [0.717, 1.165) is 29.7 Å². The Balaban J connectivity index is 2.04. The molecule has 110 valence electrons. The molecule has 1 unspecified atom stereocenters. The van der Waals surface area contributed by atoms with Gasteiger partial charge in [0.1, 0.15) is 5.82 Å². The molecule has 0 aliphatic carbocycles. The Labute approximate surface area is 123 Å². The number of halogens is 1. The quantitative estimate of drug-likeness (QED) is 0.927. The fraction of sp³-hybridized carbons (Fsp3) is 0.250. The molecular weight excluding hydrogens is 289 g/mol. The van der Waals surface area contributed by atoms with Gasteiger partial charge >= 0.3 is 0 Å². The van der Waals surface area contributed by atoms with Crippen LogP contribution in [0.4, 0.5) is 4.39 Å². The molecule has 1 aliphatic heterocycles. The third-order valence-corrected chi connectivity index (χ3v) is 4.91. The van der Waals surface area contributed by atoms with Crippen molar-refractivity contribution >= 4 is 9.84 Å². The predicted molar refractivity (Wildman–Crippen MR) is 79.5 cm³/mol. The van der Waals surface area contributed by atoms with Crippen LogP contribution in [0.15, 0.2) is 47.4 Å². The van der Waals surface area contributed by atoms with E-state index >= 15 is 0 Å². The monoisotopic (exact) mass is 305 g/mol. The largest absolute Gasteiger partial charge is 0.306 e. The maximum absolute atomic E-state index is 13.0. The standard InChI is InChI=1S/C16H16FNO2S/c1-21(19,20)14-6-7-15-12(10-14)8-9-18-16(15)11-2-4-13(17)5-3-11/h2-7,10,16,18H,8-9H2,1H3. The first-order valence-electron chi connectivity index (χ1n) is 6.77. The van der Waals surface area contributed by atoms with E-state index in [1.165, 1.54) is 18.4 Å². The zero-order valence-electron chi connectivity index (χ0n) is 11.6. The van der Waals surface area contributed by atoms with Gasteiger partial charge in [-0.1, -0.05) is 18.2 Å². The van der Waals surface area contributed by atoms with Gasteiger partial charge in [-0.2, -0.15) is 0 Å². The molecule has 0 bridgehead atoms. The van der Waals surface area contributed by atoms with Crippen LogP contribution in [0.2, 0.25) is 0 Å². The SMILES string of the molecule is CS(=O)(=O)c1ccc2c(c1)CCNC2c1ccc(F)cc1.